The minimum Gasteiger partial charge on any atom is -0.253 e. The minimum atomic E-state index is 0.734. The van der Waals surface area contributed by atoms with Crippen LogP contribution in [0.2, 0.25) is 5.02 Å². The second-order valence-electron chi connectivity index (χ2n) is 4.52. The first-order valence-corrected chi connectivity index (χ1v) is 7.54. The number of hydrogen-bond acceptors (Lipinski definition) is 4. The predicted octanol–water partition coefficient (Wildman–Crippen LogP) is 4.12. The number of nitrogens with one attached hydrogen (secondary N) is 1. The predicted molar refractivity (Wildman–Crippen MR) is 81.4 cm³/mol. The number of rotatable bonds is 3. The highest BCUT2D eigenvalue weighted by atomic mass is 35.5. The topological polar surface area (TPSA) is 37.3 Å². The van der Waals surface area contributed by atoms with Crippen LogP contribution in [0.5, 0.6) is 0 Å². The quantitative estimate of drug-likeness (QED) is 0.682. The molecule has 0 spiro atoms. The van der Waals surface area contributed by atoms with E-state index in [1.165, 1.54) is 23.4 Å². The molecule has 1 aromatic carbocycles. The summed E-state index contributed by atoms with van der Waals surface area (Å²) in [6.07, 6.45) is 6.58. The first-order chi connectivity index (χ1) is 9.31. The summed E-state index contributed by atoms with van der Waals surface area (Å²) in [5.74, 6) is 0. The Morgan fingerprint density at radius 1 is 1.21 bits per heavy atom. The molecule has 1 aromatic heterocycles. The van der Waals surface area contributed by atoms with E-state index in [0.717, 1.165) is 28.6 Å². The third-order valence-electron chi connectivity index (χ3n) is 3.09. The van der Waals surface area contributed by atoms with Gasteiger partial charge in [0.2, 0.25) is 5.13 Å². The van der Waals surface area contributed by atoms with Crippen molar-refractivity contribution in [1.29, 1.82) is 0 Å². The molecular formula is C14H14ClN3S. The van der Waals surface area contributed by atoms with Gasteiger partial charge in [-0.1, -0.05) is 23.7 Å². The molecule has 2 aromatic rings. The number of benzene rings is 1. The first-order valence-electron chi connectivity index (χ1n) is 6.34. The number of hydrogen-bond donors (Lipinski definition) is 1. The maximum absolute atomic E-state index is 5.83. The smallest absolute Gasteiger partial charge is 0.203 e. The molecule has 3 rings (SSSR count). The Morgan fingerprint density at radius 2 is 2.00 bits per heavy atom. The third-order valence-corrected chi connectivity index (χ3v) is 4.40. The van der Waals surface area contributed by atoms with E-state index in [2.05, 4.69) is 15.5 Å². The van der Waals surface area contributed by atoms with E-state index in [4.69, 9.17) is 11.6 Å². The standard InChI is InChI=1S/C14H14ClN3S/c15-11-7-5-10(6-8-11)9-16-18-14-17-12-3-1-2-4-13(12)19-14/h5-9H,1-4H2,(H,17,18). The zero-order valence-electron chi connectivity index (χ0n) is 10.4. The number of halogens is 1. The highest BCUT2D eigenvalue weighted by Crippen LogP contribution is 2.29. The summed E-state index contributed by atoms with van der Waals surface area (Å²) >= 11 is 7.55. The minimum absolute atomic E-state index is 0.734. The molecule has 0 saturated carbocycles. The molecule has 1 heterocycles. The summed E-state index contributed by atoms with van der Waals surface area (Å²) in [4.78, 5) is 5.98. The Balaban J connectivity index is 1.65. The van der Waals surface area contributed by atoms with Gasteiger partial charge in [-0.2, -0.15) is 5.10 Å². The number of aryl methyl sites for hydroxylation is 2. The maximum atomic E-state index is 5.83. The van der Waals surface area contributed by atoms with Crippen molar-refractivity contribution in [2.24, 2.45) is 5.10 Å². The lowest BCUT2D eigenvalue weighted by atomic mass is 10.0. The van der Waals surface area contributed by atoms with E-state index >= 15 is 0 Å². The number of thiazole rings is 1. The van der Waals surface area contributed by atoms with Crippen LogP contribution in [0.25, 0.3) is 0 Å². The average molecular weight is 292 g/mol. The van der Waals surface area contributed by atoms with Gasteiger partial charge in [0.1, 0.15) is 0 Å². The van der Waals surface area contributed by atoms with Crippen LogP contribution in [0, 0.1) is 0 Å². The van der Waals surface area contributed by atoms with Crippen LogP contribution in [0.4, 0.5) is 5.13 Å². The van der Waals surface area contributed by atoms with Crippen molar-refractivity contribution in [3.8, 4) is 0 Å². The van der Waals surface area contributed by atoms with E-state index in [1.807, 2.05) is 24.3 Å². The first kappa shape index (κ1) is 12.6. The SMILES string of the molecule is Clc1ccc(C=NNc2nc3c(s2)CCCC3)cc1. The van der Waals surface area contributed by atoms with Crippen molar-refractivity contribution >= 4 is 34.3 Å². The fourth-order valence-corrected chi connectivity index (χ4v) is 3.24. The highest BCUT2D eigenvalue weighted by molar-refractivity contribution is 7.15. The van der Waals surface area contributed by atoms with Gasteiger partial charge in [0, 0.05) is 9.90 Å². The van der Waals surface area contributed by atoms with Gasteiger partial charge in [0.25, 0.3) is 0 Å². The fourth-order valence-electron chi connectivity index (χ4n) is 2.11. The van der Waals surface area contributed by atoms with Gasteiger partial charge in [0.05, 0.1) is 11.9 Å². The summed E-state index contributed by atoms with van der Waals surface area (Å²) < 4.78 is 0. The molecule has 5 heteroatoms. The van der Waals surface area contributed by atoms with Crippen LogP contribution < -0.4 is 5.43 Å². The van der Waals surface area contributed by atoms with Crippen LogP contribution in [-0.4, -0.2) is 11.2 Å². The summed E-state index contributed by atoms with van der Waals surface area (Å²) in [5, 5.41) is 5.84. The van der Waals surface area contributed by atoms with Gasteiger partial charge in [0.15, 0.2) is 0 Å². The highest BCUT2D eigenvalue weighted by Gasteiger charge is 2.14. The fraction of sp³-hybridized carbons (Fsp3) is 0.286. The average Bonchev–Trinajstić information content (AvgIpc) is 2.83. The summed E-state index contributed by atoms with van der Waals surface area (Å²) in [7, 11) is 0. The van der Waals surface area contributed by atoms with Crippen LogP contribution in [0.1, 0.15) is 29.0 Å². The molecule has 0 unspecified atom stereocenters. The largest absolute Gasteiger partial charge is 0.253 e. The molecule has 19 heavy (non-hydrogen) atoms. The lowest BCUT2D eigenvalue weighted by Crippen LogP contribution is -1.99. The lowest BCUT2D eigenvalue weighted by molar-refractivity contribution is 0.682. The van der Waals surface area contributed by atoms with E-state index < -0.39 is 0 Å². The van der Waals surface area contributed by atoms with Crippen molar-refractivity contribution in [3.63, 3.8) is 0 Å². The molecule has 0 bridgehead atoms. The number of nitrogens with zero attached hydrogens (tertiary/aromatic N) is 2. The Kier molecular flexibility index (Phi) is 3.80. The Hall–Kier alpha value is -1.39. The molecule has 0 radical (unpaired) electrons. The molecule has 0 fully saturated rings. The molecule has 1 N–H and O–H groups in total. The van der Waals surface area contributed by atoms with Gasteiger partial charge in [-0.15, -0.1) is 11.3 Å². The molecule has 0 atom stereocenters. The zero-order chi connectivity index (χ0) is 13.1. The second kappa shape index (κ2) is 5.72. The maximum Gasteiger partial charge on any atom is 0.203 e. The van der Waals surface area contributed by atoms with E-state index in [9.17, 15) is 0 Å². The Bertz CT molecular complexity index is 566. The molecule has 98 valence electrons. The molecule has 1 aliphatic rings. The van der Waals surface area contributed by atoms with Crippen molar-refractivity contribution in [1.82, 2.24) is 4.98 Å². The molecule has 1 aliphatic carbocycles. The number of anilines is 1. The molecule has 0 amide bonds. The van der Waals surface area contributed by atoms with Gasteiger partial charge >= 0.3 is 0 Å². The second-order valence-corrected chi connectivity index (χ2v) is 6.04. The van der Waals surface area contributed by atoms with Gasteiger partial charge < -0.3 is 0 Å². The summed E-state index contributed by atoms with van der Waals surface area (Å²) in [6, 6.07) is 7.57. The van der Waals surface area contributed by atoms with E-state index in [-0.39, 0.29) is 0 Å². The normalized spacial score (nSPS) is 14.6. The van der Waals surface area contributed by atoms with Crippen molar-refractivity contribution in [2.75, 3.05) is 5.43 Å². The Morgan fingerprint density at radius 3 is 2.79 bits per heavy atom. The monoisotopic (exact) mass is 291 g/mol. The van der Waals surface area contributed by atoms with Gasteiger partial charge in [-0.25, -0.2) is 4.98 Å². The van der Waals surface area contributed by atoms with Crippen molar-refractivity contribution in [3.05, 3.63) is 45.4 Å². The molecule has 0 aliphatic heterocycles. The molecule has 0 saturated heterocycles. The number of fused-ring (bicyclic) bond motifs is 1. The van der Waals surface area contributed by atoms with Crippen LogP contribution in [0.3, 0.4) is 0 Å². The molecule has 3 nitrogen and oxygen atoms in total. The van der Waals surface area contributed by atoms with E-state index in [1.54, 1.807) is 17.6 Å². The Labute approximate surface area is 121 Å². The van der Waals surface area contributed by atoms with Crippen LogP contribution in [-0.2, 0) is 12.8 Å². The summed E-state index contributed by atoms with van der Waals surface area (Å²) in [6.45, 7) is 0. The molecular weight excluding hydrogens is 278 g/mol. The summed E-state index contributed by atoms with van der Waals surface area (Å²) in [5.41, 5.74) is 5.27. The van der Waals surface area contributed by atoms with Crippen molar-refractivity contribution < 1.29 is 0 Å². The van der Waals surface area contributed by atoms with E-state index in [0.29, 0.717) is 0 Å². The van der Waals surface area contributed by atoms with Crippen molar-refractivity contribution in [2.45, 2.75) is 25.7 Å². The van der Waals surface area contributed by atoms with Crippen LogP contribution >= 0.6 is 22.9 Å². The lowest BCUT2D eigenvalue weighted by Gasteiger charge is -2.06. The number of aromatic nitrogens is 1. The zero-order valence-corrected chi connectivity index (χ0v) is 12.0. The van der Waals surface area contributed by atoms with Gasteiger partial charge in [-0.05, 0) is 43.4 Å². The van der Waals surface area contributed by atoms with Crippen LogP contribution in [0.15, 0.2) is 29.4 Å². The number of hydrazone groups is 1. The van der Waals surface area contributed by atoms with Gasteiger partial charge in [-0.3, -0.25) is 5.43 Å². The third kappa shape index (κ3) is 3.14.